The smallest absolute Gasteiger partial charge is 0.382 e. The molecule has 0 aliphatic carbocycles. The van der Waals surface area contributed by atoms with Crippen molar-refractivity contribution in [1.82, 2.24) is 19.3 Å². The summed E-state index contributed by atoms with van der Waals surface area (Å²) in [6.07, 6.45) is 22.1. The van der Waals surface area contributed by atoms with Crippen LogP contribution in [0.25, 0.3) is 5.52 Å². The Kier molecular flexibility index (Phi) is 22.9. The molecule has 3 N–H and O–H groups in total. The summed E-state index contributed by atoms with van der Waals surface area (Å²) in [6.45, 7) is 6.45. The minimum absolute atomic E-state index is 0.00618. The number of benzene rings is 1. The van der Waals surface area contributed by atoms with E-state index >= 15 is 0 Å². The van der Waals surface area contributed by atoms with Crippen molar-refractivity contribution in [2.24, 2.45) is 0 Å². The molecule has 316 valence electrons. The average molecular weight is 814 g/mol. The quantitative estimate of drug-likeness (QED) is 0.0501. The van der Waals surface area contributed by atoms with E-state index in [1.54, 1.807) is 10.6 Å². The fourth-order valence-electron chi connectivity index (χ4n) is 7.07. The summed E-state index contributed by atoms with van der Waals surface area (Å²) >= 11 is 0. The van der Waals surface area contributed by atoms with Gasteiger partial charge in [-0.15, -0.1) is 0 Å². The van der Waals surface area contributed by atoms with Gasteiger partial charge in [0.05, 0.1) is 49.4 Å². The highest BCUT2D eigenvalue weighted by Crippen LogP contribution is 2.46. The third-order valence-electron chi connectivity index (χ3n) is 10.3. The standard InChI is InChI=1S/C41H64FN6O6P.CHN/c1-3-4-5-6-7-8-9-10-11-12-13-14-15-16-17-18-23-51-30-37(52-29-34-24-33(27-43)25-35(42)26-34)28-47(2)55(49,50)53-31-36-19-22-40(54-36)38-20-21-39-41(44)45-32-46-48(38)39;1-2/h20-21,24-26,32,36-37,40H,3-19,22-23,28-31H2,1-2H3,(H,49,50)(H2,44,45,46);1H. The van der Waals surface area contributed by atoms with Crippen molar-refractivity contribution in [2.45, 2.75) is 147 Å². The molecular weight excluding hydrogens is 748 g/mol. The lowest BCUT2D eigenvalue weighted by Crippen LogP contribution is -2.34. The van der Waals surface area contributed by atoms with Gasteiger partial charge in [0.2, 0.25) is 0 Å². The number of unbranched alkanes of at least 4 members (excludes halogenated alkanes) is 15. The molecule has 1 aliphatic heterocycles. The number of hydrogen-bond acceptors (Lipinski definition) is 10. The maximum absolute atomic E-state index is 14.1. The molecule has 15 heteroatoms. The van der Waals surface area contributed by atoms with E-state index in [0.717, 1.165) is 24.6 Å². The number of ether oxygens (including phenoxy) is 3. The van der Waals surface area contributed by atoms with E-state index < -0.39 is 19.7 Å². The second-order valence-corrected chi connectivity index (χ2v) is 16.8. The highest BCUT2D eigenvalue weighted by atomic mass is 31.2. The molecule has 13 nitrogen and oxygen atoms in total. The molecular formula is C42H65FN7O6P. The van der Waals surface area contributed by atoms with Crippen molar-refractivity contribution in [3.63, 3.8) is 0 Å². The number of nitriles is 2. The molecule has 3 heterocycles. The SMILES string of the molecule is C#N.CCCCCCCCCCCCCCCCCCOCC(CN(C)P(=O)(O)OCC1CCC(c2ccc3c(N)ncnn23)O1)OCc1cc(F)cc(C#N)c1. The van der Waals surface area contributed by atoms with Gasteiger partial charge in [0, 0.05) is 19.7 Å². The molecule has 0 spiro atoms. The zero-order valence-corrected chi connectivity index (χ0v) is 35.0. The number of nitrogens with two attached hydrogens (primary N) is 1. The van der Waals surface area contributed by atoms with Gasteiger partial charge in [-0.2, -0.15) is 10.4 Å². The number of anilines is 1. The predicted octanol–water partition coefficient (Wildman–Crippen LogP) is 9.59. The molecule has 3 aromatic rings. The molecule has 57 heavy (non-hydrogen) atoms. The summed E-state index contributed by atoms with van der Waals surface area (Å²) in [5.41, 5.74) is 8.17. The van der Waals surface area contributed by atoms with Crippen molar-refractivity contribution >= 4 is 19.1 Å². The third kappa shape index (κ3) is 17.5. The summed E-state index contributed by atoms with van der Waals surface area (Å²) in [4.78, 5) is 14.9. The topological polar surface area (TPSA) is 181 Å². The maximum Gasteiger partial charge on any atom is 0.405 e. The summed E-state index contributed by atoms with van der Waals surface area (Å²) in [7, 11) is -2.74. The Labute approximate surface area is 339 Å². The molecule has 4 rings (SSSR count). The lowest BCUT2D eigenvalue weighted by atomic mass is 10.0. The van der Waals surface area contributed by atoms with Crippen molar-refractivity contribution in [1.29, 1.82) is 10.5 Å². The molecule has 1 fully saturated rings. The molecule has 4 atom stereocenters. The Morgan fingerprint density at radius 2 is 1.65 bits per heavy atom. The normalized spacial score (nSPS) is 16.9. The van der Waals surface area contributed by atoms with Gasteiger partial charge < -0.3 is 24.8 Å². The van der Waals surface area contributed by atoms with Crippen LogP contribution in [0.2, 0.25) is 0 Å². The van der Waals surface area contributed by atoms with Crippen LogP contribution in [-0.2, 0) is 29.9 Å². The van der Waals surface area contributed by atoms with Gasteiger partial charge in [-0.25, -0.2) is 28.4 Å². The molecule has 0 amide bonds. The molecule has 4 unspecified atom stereocenters. The second-order valence-electron chi connectivity index (χ2n) is 14.9. The van der Waals surface area contributed by atoms with E-state index in [4.69, 9.17) is 29.7 Å². The number of rotatable bonds is 29. The number of aromatic nitrogens is 3. The zero-order valence-electron chi connectivity index (χ0n) is 34.1. The number of likely N-dealkylation sites (N-methyl/N-ethyl adjacent to an activating group) is 1. The largest absolute Gasteiger partial charge is 0.405 e. The number of fused-ring (bicyclic) bond motifs is 1. The van der Waals surface area contributed by atoms with Crippen molar-refractivity contribution in [2.75, 3.05) is 39.1 Å². The van der Waals surface area contributed by atoms with Crippen LogP contribution in [0.4, 0.5) is 10.2 Å². The monoisotopic (exact) mass is 813 g/mol. The van der Waals surface area contributed by atoms with E-state index in [0.29, 0.717) is 36.3 Å². The highest BCUT2D eigenvalue weighted by molar-refractivity contribution is 7.50. The molecule has 0 radical (unpaired) electrons. The van der Waals surface area contributed by atoms with E-state index in [-0.39, 0.29) is 44.1 Å². The van der Waals surface area contributed by atoms with Gasteiger partial charge >= 0.3 is 7.75 Å². The summed E-state index contributed by atoms with van der Waals surface area (Å²) in [5, 5.41) is 20.1. The van der Waals surface area contributed by atoms with E-state index in [2.05, 4.69) is 23.6 Å². The van der Waals surface area contributed by atoms with Crippen molar-refractivity contribution in [3.05, 3.63) is 59.3 Å². The maximum atomic E-state index is 14.1. The Morgan fingerprint density at radius 3 is 2.28 bits per heavy atom. The Bertz CT molecular complexity index is 1690. The highest BCUT2D eigenvalue weighted by Gasteiger charge is 2.34. The fraction of sp³-hybridized carbons (Fsp3) is 0.667. The first-order valence-electron chi connectivity index (χ1n) is 20.8. The number of nitrogen functional groups attached to an aromatic ring is 1. The Balaban J connectivity index is 0.00000428. The van der Waals surface area contributed by atoms with Crippen LogP contribution in [0.1, 0.15) is 145 Å². The molecule has 1 aromatic carbocycles. The van der Waals surface area contributed by atoms with Gasteiger partial charge in [0.25, 0.3) is 0 Å². The summed E-state index contributed by atoms with van der Waals surface area (Å²) < 4.78 is 54.2. The molecule has 0 bridgehead atoms. The van der Waals surface area contributed by atoms with Crippen LogP contribution in [0, 0.1) is 29.0 Å². The minimum atomic E-state index is -4.24. The third-order valence-corrected chi connectivity index (χ3v) is 11.8. The summed E-state index contributed by atoms with van der Waals surface area (Å²) in [6, 6.07) is 9.73. The minimum Gasteiger partial charge on any atom is -0.382 e. The first-order valence-corrected chi connectivity index (χ1v) is 22.3. The molecule has 0 saturated carbocycles. The second kappa shape index (κ2) is 27.3. The van der Waals surface area contributed by atoms with Gasteiger partial charge in [-0.3, -0.25) is 4.52 Å². The van der Waals surface area contributed by atoms with E-state index in [9.17, 15) is 19.1 Å². The van der Waals surface area contributed by atoms with E-state index in [1.807, 2.05) is 18.2 Å². The van der Waals surface area contributed by atoms with E-state index in [1.165, 1.54) is 114 Å². The van der Waals surface area contributed by atoms with Crippen LogP contribution in [0.5, 0.6) is 0 Å². The van der Waals surface area contributed by atoms with Crippen LogP contribution < -0.4 is 5.73 Å². The number of hydrogen-bond donors (Lipinski definition) is 2. The molecule has 1 saturated heterocycles. The van der Waals surface area contributed by atoms with Crippen molar-refractivity contribution < 1.29 is 32.6 Å². The van der Waals surface area contributed by atoms with Crippen LogP contribution in [0.3, 0.4) is 0 Å². The lowest BCUT2D eigenvalue weighted by molar-refractivity contribution is -0.0343. The molecule has 2 aromatic heterocycles. The first kappa shape index (κ1) is 47.9. The Morgan fingerprint density at radius 1 is 1.02 bits per heavy atom. The van der Waals surface area contributed by atoms with Gasteiger partial charge in [-0.1, -0.05) is 103 Å². The lowest BCUT2D eigenvalue weighted by Gasteiger charge is -2.28. The molecule has 1 aliphatic rings. The van der Waals surface area contributed by atoms with Crippen LogP contribution in [0.15, 0.2) is 36.7 Å². The predicted molar refractivity (Wildman–Crippen MR) is 219 cm³/mol. The zero-order chi connectivity index (χ0) is 41.3. The fourth-order valence-corrected chi connectivity index (χ4v) is 8.02. The van der Waals surface area contributed by atoms with Crippen molar-refractivity contribution in [3.8, 4) is 12.6 Å². The number of nitrogens with zero attached hydrogens (tertiary/aromatic N) is 6. The van der Waals surface area contributed by atoms with Crippen LogP contribution in [-0.4, -0.2) is 69.8 Å². The average Bonchev–Trinajstić information content (AvgIpc) is 3.87. The van der Waals surface area contributed by atoms with Gasteiger partial charge in [0.1, 0.15) is 23.8 Å². The van der Waals surface area contributed by atoms with Crippen LogP contribution >= 0.6 is 7.75 Å². The first-order chi connectivity index (χ1) is 27.7. The Hall–Kier alpha value is -3.46. The van der Waals surface area contributed by atoms with Gasteiger partial charge in [-0.05, 0) is 62.2 Å². The summed E-state index contributed by atoms with van der Waals surface area (Å²) in [5.74, 6) is -0.155. The number of halogens is 1. The van der Waals surface area contributed by atoms with Gasteiger partial charge in [0.15, 0.2) is 5.82 Å².